The number of pyridine rings is 1. The van der Waals surface area contributed by atoms with E-state index in [-0.39, 0.29) is 5.91 Å². The first-order chi connectivity index (χ1) is 10.5. The van der Waals surface area contributed by atoms with Crippen molar-refractivity contribution >= 4 is 11.7 Å². The van der Waals surface area contributed by atoms with Crippen LogP contribution in [0.1, 0.15) is 36.2 Å². The van der Waals surface area contributed by atoms with Crippen molar-refractivity contribution in [3.63, 3.8) is 0 Å². The topological polar surface area (TPSA) is 45.2 Å². The molecule has 22 heavy (non-hydrogen) atoms. The van der Waals surface area contributed by atoms with Gasteiger partial charge in [-0.2, -0.15) is 0 Å². The molecule has 0 bridgehead atoms. The molecule has 1 amide bonds. The minimum absolute atomic E-state index is 0.106. The number of nitrogens with zero attached hydrogens (tertiary/aromatic N) is 2. The Balaban J connectivity index is 2.19. The quantitative estimate of drug-likeness (QED) is 0.921. The second-order valence-corrected chi connectivity index (χ2v) is 5.81. The van der Waals surface area contributed by atoms with Crippen molar-refractivity contribution < 1.29 is 4.79 Å². The fourth-order valence-corrected chi connectivity index (χ4v) is 2.28. The maximum absolute atomic E-state index is 12.5. The van der Waals surface area contributed by atoms with Gasteiger partial charge in [-0.25, -0.2) is 4.98 Å². The Morgan fingerprint density at radius 2 is 1.86 bits per heavy atom. The van der Waals surface area contributed by atoms with Gasteiger partial charge in [0.05, 0.1) is 11.1 Å². The van der Waals surface area contributed by atoms with E-state index in [1.807, 2.05) is 62.3 Å². The molecule has 0 fully saturated rings. The van der Waals surface area contributed by atoms with Crippen LogP contribution in [-0.2, 0) is 5.54 Å². The van der Waals surface area contributed by atoms with E-state index in [1.165, 1.54) is 0 Å². The van der Waals surface area contributed by atoms with Crippen LogP contribution in [0.5, 0.6) is 0 Å². The third kappa shape index (κ3) is 3.45. The average Bonchev–Trinajstić information content (AvgIpc) is 2.55. The molecule has 1 heterocycles. The first-order valence-electron chi connectivity index (χ1n) is 7.47. The lowest BCUT2D eigenvalue weighted by Crippen LogP contribution is -2.43. The molecule has 4 heteroatoms. The van der Waals surface area contributed by atoms with Gasteiger partial charge in [0.1, 0.15) is 5.82 Å². The Labute approximate surface area is 132 Å². The zero-order chi connectivity index (χ0) is 16.2. The molecule has 116 valence electrons. The van der Waals surface area contributed by atoms with Gasteiger partial charge in [-0.1, -0.05) is 37.3 Å². The van der Waals surface area contributed by atoms with E-state index < -0.39 is 5.54 Å². The molecule has 0 saturated carbocycles. The number of aromatic nitrogens is 1. The zero-order valence-corrected chi connectivity index (χ0v) is 13.6. The van der Waals surface area contributed by atoms with Crippen LogP contribution in [0.4, 0.5) is 5.82 Å². The first kappa shape index (κ1) is 16.0. The Morgan fingerprint density at radius 1 is 1.18 bits per heavy atom. The molecule has 2 rings (SSSR count). The fraction of sp³-hybridized carbons (Fsp3) is 0.333. The summed E-state index contributed by atoms with van der Waals surface area (Å²) in [6.07, 6.45) is 2.43. The summed E-state index contributed by atoms with van der Waals surface area (Å²) in [6.45, 7) is 4.11. The van der Waals surface area contributed by atoms with E-state index in [1.54, 1.807) is 12.3 Å². The lowest BCUT2D eigenvalue weighted by Gasteiger charge is -2.30. The van der Waals surface area contributed by atoms with Crippen LogP contribution in [0, 0.1) is 0 Å². The molecule has 0 spiro atoms. The van der Waals surface area contributed by atoms with Gasteiger partial charge in [-0.3, -0.25) is 4.79 Å². The Morgan fingerprint density at radius 3 is 2.36 bits per heavy atom. The highest BCUT2D eigenvalue weighted by molar-refractivity contribution is 5.94. The van der Waals surface area contributed by atoms with Gasteiger partial charge in [-0.05, 0) is 31.0 Å². The number of rotatable bonds is 5. The standard InChI is InChI=1S/C18H23N3O/c1-5-18(2,15-9-7-6-8-10-15)20-17(22)14-11-12-16(19-13-14)21(3)4/h6-13H,5H2,1-4H3,(H,20,22). The second-order valence-electron chi connectivity index (χ2n) is 5.81. The van der Waals surface area contributed by atoms with Crippen LogP contribution in [0.15, 0.2) is 48.7 Å². The van der Waals surface area contributed by atoms with Crippen molar-refractivity contribution in [1.29, 1.82) is 0 Å². The average molecular weight is 297 g/mol. The third-order valence-corrected chi connectivity index (χ3v) is 3.98. The maximum Gasteiger partial charge on any atom is 0.253 e. The van der Waals surface area contributed by atoms with E-state index in [0.29, 0.717) is 5.56 Å². The van der Waals surface area contributed by atoms with Crippen LogP contribution >= 0.6 is 0 Å². The van der Waals surface area contributed by atoms with Crippen molar-refractivity contribution in [2.75, 3.05) is 19.0 Å². The molecule has 1 unspecified atom stereocenters. The number of benzene rings is 1. The van der Waals surface area contributed by atoms with E-state index in [9.17, 15) is 4.79 Å². The summed E-state index contributed by atoms with van der Waals surface area (Å²) < 4.78 is 0. The lowest BCUT2D eigenvalue weighted by molar-refractivity contribution is 0.0901. The highest BCUT2D eigenvalue weighted by Gasteiger charge is 2.26. The highest BCUT2D eigenvalue weighted by atomic mass is 16.1. The minimum atomic E-state index is -0.390. The third-order valence-electron chi connectivity index (χ3n) is 3.98. The van der Waals surface area contributed by atoms with Crippen molar-refractivity contribution in [2.45, 2.75) is 25.8 Å². The van der Waals surface area contributed by atoms with Gasteiger partial charge in [0.2, 0.25) is 0 Å². The molecule has 0 aliphatic carbocycles. The summed E-state index contributed by atoms with van der Waals surface area (Å²) >= 11 is 0. The predicted octanol–water partition coefficient (Wildman–Crippen LogP) is 3.20. The summed E-state index contributed by atoms with van der Waals surface area (Å²) in [4.78, 5) is 18.7. The number of amides is 1. The number of anilines is 1. The molecule has 1 aromatic heterocycles. The van der Waals surface area contributed by atoms with Crippen molar-refractivity contribution in [3.05, 3.63) is 59.8 Å². The van der Waals surface area contributed by atoms with E-state index >= 15 is 0 Å². The first-order valence-corrected chi connectivity index (χ1v) is 7.47. The molecular weight excluding hydrogens is 274 g/mol. The molecule has 0 radical (unpaired) electrons. The smallest absolute Gasteiger partial charge is 0.253 e. The monoisotopic (exact) mass is 297 g/mol. The number of carbonyl (C=O) groups excluding carboxylic acids is 1. The molecule has 0 aliphatic heterocycles. The molecule has 4 nitrogen and oxygen atoms in total. The Bertz CT molecular complexity index is 623. The number of hydrogen-bond acceptors (Lipinski definition) is 3. The second kappa shape index (κ2) is 6.60. The van der Waals surface area contributed by atoms with E-state index in [2.05, 4.69) is 17.2 Å². The van der Waals surface area contributed by atoms with Gasteiger partial charge in [0.25, 0.3) is 5.91 Å². The van der Waals surface area contributed by atoms with Crippen LogP contribution in [0.25, 0.3) is 0 Å². The molecule has 1 atom stereocenters. The van der Waals surface area contributed by atoms with Gasteiger partial charge >= 0.3 is 0 Å². The maximum atomic E-state index is 12.5. The molecule has 0 aliphatic rings. The molecule has 1 N–H and O–H groups in total. The van der Waals surface area contributed by atoms with E-state index in [0.717, 1.165) is 17.8 Å². The van der Waals surface area contributed by atoms with Crippen molar-refractivity contribution in [2.24, 2.45) is 0 Å². The van der Waals surface area contributed by atoms with Gasteiger partial charge in [0.15, 0.2) is 0 Å². The Hall–Kier alpha value is -2.36. The van der Waals surface area contributed by atoms with Gasteiger partial charge < -0.3 is 10.2 Å². The molecule has 0 saturated heterocycles. The van der Waals surface area contributed by atoms with Gasteiger partial charge in [-0.15, -0.1) is 0 Å². The number of carbonyl (C=O) groups is 1. The number of hydrogen-bond donors (Lipinski definition) is 1. The van der Waals surface area contributed by atoms with Crippen molar-refractivity contribution in [1.82, 2.24) is 10.3 Å². The highest BCUT2D eigenvalue weighted by Crippen LogP contribution is 2.24. The van der Waals surface area contributed by atoms with E-state index in [4.69, 9.17) is 0 Å². The summed E-state index contributed by atoms with van der Waals surface area (Å²) in [6, 6.07) is 13.7. The number of nitrogens with one attached hydrogen (secondary N) is 1. The zero-order valence-electron chi connectivity index (χ0n) is 13.6. The fourth-order valence-electron chi connectivity index (χ4n) is 2.28. The lowest BCUT2D eigenvalue weighted by atomic mass is 9.89. The molecule has 1 aromatic carbocycles. The van der Waals surface area contributed by atoms with Crippen LogP contribution in [-0.4, -0.2) is 25.0 Å². The normalized spacial score (nSPS) is 13.3. The molecular formula is C18H23N3O. The summed E-state index contributed by atoms with van der Waals surface area (Å²) in [7, 11) is 3.84. The summed E-state index contributed by atoms with van der Waals surface area (Å²) in [5.74, 6) is 0.726. The van der Waals surface area contributed by atoms with Crippen LogP contribution in [0.2, 0.25) is 0 Å². The predicted molar refractivity (Wildman–Crippen MR) is 90.1 cm³/mol. The summed E-state index contributed by atoms with van der Waals surface area (Å²) in [5, 5.41) is 3.13. The molecule has 2 aromatic rings. The Kier molecular flexibility index (Phi) is 4.81. The van der Waals surface area contributed by atoms with Crippen LogP contribution < -0.4 is 10.2 Å². The van der Waals surface area contributed by atoms with Gasteiger partial charge in [0, 0.05) is 20.3 Å². The largest absolute Gasteiger partial charge is 0.363 e. The van der Waals surface area contributed by atoms with Crippen LogP contribution in [0.3, 0.4) is 0 Å². The summed E-state index contributed by atoms with van der Waals surface area (Å²) in [5.41, 5.74) is 1.28. The minimum Gasteiger partial charge on any atom is -0.363 e. The van der Waals surface area contributed by atoms with Crippen molar-refractivity contribution in [3.8, 4) is 0 Å². The SMILES string of the molecule is CCC(C)(NC(=O)c1ccc(N(C)C)nc1)c1ccccc1.